The third kappa shape index (κ3) is 1.83. The lowest BCUT2D eigenvalue weighted by molar-refractivity contribution is -0.146. The molecule has 1 aromatic rings. The van der Waals surface area contributed by atoms with Crippen LogP contribution in [0.4, 0.5) is 5.69 Å². The summed E-state index contributed by atoms with van der Waals surface area (Å²) in [7, 11) is 0. The van der Waals surface area contributed by atoms with E-state index in [0.717, 1.165) is 5.56 Å². The maximum atomic E-state index is 12.4. The molecular weight excluding hydrogens is 276 g/mol. The fraction of sp³-hybridized carbons (Fsp3) is 0.357. The van der Waals surface area contributed by atoms with Gasteiger partial charge in [0.25, 0.3) is 11.8 Å². The summed E-state index contributed by atoms with van der Waals surface area (Å²) in [5, 5.41) is 0. The van der Waals surface area contributed by atoms with Gasteiger partial charge in [0.15, 0.2) is 0 Å². The molecule has 2 unspecified atom stereocenters. The van der Waals surface area contributed by atoms with Crippen LogP contribution in [-0.2, 0) is 14.3 Å². The molecule has 20 heavy (non-hydrogen) atoms. The first kappa shape index (κ1) is 13.2. The summed E-state index contributed by atoms with van der Waals surface area (Å²) in [4.78, 5) is 26.1. The highest BCUT2D eigenvalue weighted by Gasteiger charge is 2.47. The predicted octanol–water partition coefficient (Wildman–Crippen LogP) is 1.05. The molecule has 2 fully saturated rings. The summed E-state index contributed by atoms with van der Waals surface area (Å²) in [6, 6.07) is 5.33. The number of rotatable bonds is 2. The number of ether oxygens (including phenoxy) is 1. The lowest BCUT2D eigenvalue weighted by Crippen LogP contribution is -2.52. The summed E-state index contributed by atoms with van der Waals surface area (Å²) >= 11 is 5.06. The van der Waals surface area contributed by atoms with Crippen LogP contribution in [0.2, 0.25) is 0 Å². The molecule has 2 saturated heterocycles. The lowest BCUT2D eigenvalue weighted by Gasteiger charge is -2.31. The molecule has 2 aliphatic rings. The standard InChI is InChI=1S/C14H14N2O3S/c1-7-3-2-4-8(11(7)12(15)20)16-13(17)9-5-6-10(19-9)14(16)18/h2-4,9-10H,5-6H2,1H3,(H2,15,20). The van der Waals surface area contributed by atoms with Gasteiger partial charge in [-0.3, -0.25) is 9.59 Å². The molecule has 3 rings (SSSR count). The first-order valence-corrected chi connectivity index (χ1v) is 6.84. The molecule has 1 aromatic carbocycles. The van der Waals surface area contributed by atoms with Gasteiger partial charge in [0.05, 0.1) is 5.69 Å². The minimum absolute atomic E-state index is 0.178. The van der Waals surface area contributed by atoms with E-state index in [9.17, 15) is 9.59 Å². The van der Waals surface area contributed by atoms with Crippen molar-refractivity contribution < 1.29 is 14.3 Å². The van der Waals surface area contributed by atoms with Crippen molar-refractivity contribution in [3.63, 3.8) is 0 Å². The summed E-state index contributed by atoms with van der Waals surface area (Å²) in [5.74, 6) is -0.654. The highest BCUT2D eigenvalue weighted by Crippen LogP contribution is 2.34. The van der Waals surface area contributed by atoms with E-state index in [2.05, 4.69) is 0 Å². The molecule has 0 aromatic heterocycles. The highest BCUT2D eigenvalue weighted by atomic mass is 32.1. The molecule has 2 N–H and O–H groups in total. The fourth-order valence-corrected chi connectivity index (χ4v) is 3.06. The Hall–Kier alpha value is -1.79. The van der Waals surface area contributed by atoms with Crippen LogP contribution in [0, 0.1) is 6.92 Å². The van der Waals surface area contributed by atoms with Crippen LogP contribution in [0.5, 0.6) is 0 Å². The zero-order chi connectivity index (χ0) is 14.4. The second-order valence-corrected chi connectivity index (χ2v) is 5.48. The first-order chi connectivity index (χ1) is 9.50. The number of amides is 2. The number of hydrogen-bond acceptors (Lipinski definition) is 4. The van der Waals surface area contributed by atoms with Gasteiger partial charge in [-0.1, -0.05) is 24.4 Å². The van der Waals surface area contributed by atoms with E-state index in [1.54, 1.807) is 12.1 Å². The number of aryl methyl sites for hydroxylation is 1. The van der Waals surface area contributed by atoms with Crippen LogP contribution in [0.15, 0.2) is 18.2 Å². The minimum Gasteiger partial charge on any atom is -0.389 e. The summed E-state index contributed by atoms with van der Waals surface area (Å²) in [6.45, 7) is 1.85. The number of hydrogen-bond donors (Lipinski definition) is 1. The number of nitrogens with two attached hydrogens (primary N) is 1. The third-order valence-electron chi connectivity index (χ3n) is 3.75. The Balaban J connectivity index is 2.13. The van der Waals surface area contributed by atoms with E-state index in [1.807, 2.05) is 13.0 Å². The van der Waals surface area contributed by atoms with E-state index in [-0.39, 0.29) is 16.8 Å². The number of morpholine rings is 1. The van der Waals surface area contributed by atoms with Crippen LogP contribution in [0.1, 0.15) is 24.0 Å². The van der Waals surface area contributed by atoms with Gasteiger partial charge in [-0.25, -0.2) is 4.90 Å². The van der Waals surface area contributed by atoms with Crippen molar-refractivity contribution in [2.45, 2.75) is 32.0 Å². The number of nitrogens with zero attached hydrogens (tertiary/aromatic N) is 1. The Kier molecular flexibility index (Phi) is 3.07. The van der Waals surface area contributed by atoms with Crippen molar-refractivity contribution in [3.05, 3.63) is 29.3 Å². The zero-order valence-corrected chi connectivity index (χ0v) is 11.8. The van der Waals surface area contributed by atoms with Crippen molar-refractivity contribution in [1.29, 1.82) is 0 Å². The average Bonchev–Trinajstić information content (AvgIpc) is 2.83. The number of carbonyl (C=O) groups is 2. The molecule has 6 heteroatoms. The number of thiocarbonyl (C=S) groups is 1. The second-order valence-electron chi connectivity index (χ2n) is 5.04. The van der Waals surface area contributed by atoms with Gasteiger partial charge in [-0.15, -0.1) is 0 Å². The quantitative estimate of drug-likeness (QED) is 0.651. The van der Waals surface area contributed by atoms with Crippen LogP contribution in [0.25, 0.3) is 0 Å². The van der Waals surface area contributed by atoms with Gasteiger partial charge in [-0.2, -0.15) is 0 Å². The van der Waals surface area contributed by atoms with Crippen LogP contribution < -0.4 is 10.6 Å². The summed E-state index contributed by atoms with van der Waals surface area (Å²) < 4.78 is 5.40. The van der Waals surface area contributed by atoms with E-state index in [1.165, 1.54) is 4.90 Å². The Morgan fingerprint density at radius 1 is 1.30 bits per heavy atom. The maximum Gasteiger partial charge on any atom is 0.263 e. The van der Waals surface area contributed by atoms with Gasteiger partial charge in [0, 0.05) is 5.56 Å². The number of imide groups is 1. The van der Waals surface area contributed by atoms with Crippen LogP contribution in [0.3, 0.4) is 0 Å². The van der Waals surface area contributed by atoms with Gasteiger partial charge in [0.2, 0.25) is 0 Å². The molecule has 0 radical (unpaired) electrons. The maximum absolute atomic E-state index is 12.4. The normalized spacial score (nSPS) is 25.1. The van der Waals surface area contributed by atoms with Gasteiger partial charge in [0.1, 0.15) is 17.2 Å². The molecule has 2 atom stereocenters. The molecule has 0 spiro atoms. The Labute approximate surface area is 121 Å². The molecule has 2 aliphatic heterocycles. The Bertz CT molecular complexity index is 607. The smallest absolute Gasteiger partial charge is 0.263 e. The number of fused-ring (bicyclic) bond motifs is 2. The lowest BCUT2D eigenvalue weighted by atomic mass is 10.0. The van der Waals surface area contributed by atoms with Crippen molar-refractivity contribution in [2.24, 2.45) is 5.73 Å². The number of anilines is 1. The molecule has 2 amide bonds. The Morgan fingerprint density at radius 2 is 1.90 bits per heavy atom. The average molecular weight is 290 g/mol. The predicted molar refractivity (Wildman–Crippen MR) is 77.5 cm³/mol. The highest BCUT2D eigenvalue weighted by molar-refractivity contribution is 7.80. The summed E-state index contributed by atoms with van der Waals surface area (Å²) in [6.07, 6.45) is 0.106. The van der Waals surface area contributed by atoms with Crippen molar-refractivity contribution in [3.8, 4) is 0 Å². The zero-order valence-electron chi connectivity index (χ0n) is 11.0. The van der Waals surface area contributed by atoms with Crippen molar-refractivity contribution in [1.82, 2.24) is 0 Å². The van der Waals surface area contributed by atoms with Gasteiger partial charge < -0.3 is 10.5 Å². The van der Waals surface area contributed by atoms with Crippen molar-refractivity contribution in [2.75, 3.05) is 4.90 Å². The van der Waals surface area contributed by atoms with E-state index in [0.29, 0.717) is 24.1 Å². The van der Waals surface area contributed by atoms with E-state index < -0.39 is 12.2 Å². The van der Waals surface area contributed by atoms with Gasteiger partial charge >= 0.3 is 0 Å². The molecule has 2 bridgehead atoms. The molecule has 0 saturated carbocycles. The van der Waals surface area contributed by atoms with Crippen LogP contribution in [-0.4, -0.2) is 29.0 Å². The first-order valence-electron chi connectivity index (χ1n) is 6.43. The Morgan fingerprint density at radius 3 is 2.45 bits per heavy atom. The largest absolute Gasteiger partial charge is 0.389 e. The van der Waals surface area contributed by atoms with Gasteiger partial charge in [-0.05, 0) is 31.4 Å². The topological polar surface area (TPSA) is 72.6 Å². The fourth-order valence-electron chi connectivity index (χ4n) is 2.79. The molecule has 2 heterocycles. The van der Waals surface area contributed by atoms with Crippen molar-refractivity contribution >= 4 is 34.7 Å². The third-order valence-corrected chi connectivity index (χ3v) is 3.95. The number of benzene rings is 1. The second kappa shape index (κ2) is 4.64. The van der Waals surface area contributed by atoms with Crippen LogP contribution >= 0.6 is 12.2 Å². The molecular formula is C14H14N2O3S. The van der Waals surface area contributed by atoms with E-state index in [4.69, 9.17) is 22.7 Å². The van der Waals surface area contributed by atoms with E-state index >= 15 is 0 Å². The number of carbonyl (C=O) groups excluding carboxylic acids is 2. The minimum atomic E-state index is -0.530. The molecule has 104 valence electrons. The SMILES string of the molecule is Cc1cccc(N2C(=O)C3CCC(O3)C2=O)c1C(N)=S. The molecule has 0 aliphatic carbocycles. The summed E-state index contributed by atoms with van der Waals surface area (Å²) in [5.41, 5.74) is 7.63. The monoisotopic (exact) mass is 290 g/mol. The molecule has 5 nitrogen and oxygen atoms in total.